The van der Waals surface area contributed by atoms with Gasteiger partial charge in [-0.05, 0) is 40.7 Å². The van der Waals surface area contributed by atoms with Crippen molar-refractivity contribution in [2.45, 2.75) is 70.9 Å². The highest BCUT2D eigenvalue weighted by atomic mass is 32.2. The molecule has 246 valence electrons. The summed E-state index contributed by atoms with van der Waals surface area (Å²) in [4.78, 5) is 85.1. The number of esters is 1. The van der Waals surface area contributed by atoms with Crippen LogP contribution in [0.2, 0.25) is 0 Å². The lowest BCUT2D eigenvalue weighted by atomic mass is 10.0. The van der Waals surface area contributed by atoms with Crippen LogP contribution in [0.3, 0.4) is 0 Å². The van der Waals surface area contributed by atoms with Gasteiger partial charge in [-0.2, -0.15) is 0 Å². The Morgan fingerprint density at radius 2 is 1.89 bits per heavy atom. The van der Waals surface area contributed by atoms with E-state index in [4.69, 9.17) is 19.0 Å². The molecule has 19 heteroatoms. The second-order valence-corrected chi connectivity index (χ2v) is 12.3. The molecule has 45 heavy (non-hydrogen) atoms. The highest BCUT2D eigenvalue weighted by molar-refractivity contribution is 8.00. The SMILES string of the molecule is CCOC(=O)OC(C)OC(=O)C1=CCS[C@@H]2[C@H](NC(=O)/C(=N\OC)c3csc(NC(=O)[C@H](C)NC(=O)OC(C)(C)C)n3)C(=O)N12. The number of hydrogen-bond acceptors (Lipinski definition) is 15. The van der Waals surface area contributed by atoms with Gasteiger partial charge < -0.3 is 39.7 Å². The molecular formula is C26H34N6O11S2. The fraction of sp³-hybridized carbons (Fsp3) is 0.538. The maximum atomic E-state index is 13.2. The number of thiazole rings is 1. The zero-order valence-electron chi connectivity index (χ0n) is 25.5. The number of alkyl carbamates (subject to hydrolysis) is 1. The first-order valence-electron chi connectivity index (χ1n) is 13.5. The summed E-state index contributed by atoms with van der Waals surface area (Å²) >= 11 is 2.28. The van der Waals surface area contributed by atoms with E-state index in [1.807, 2.05) is 0 Å². The fourth-order valence-electron chi connectivity index (χ4n) is 3.76. The van der Waals surface area contributed by atoms with Gasteiger partial charge in [-0.1, -0.05) is 5.16 Å². The molecular weight excluding hydrogens is 636 g/mol. The van der Waals surface area contributed by atoms with Gasteiger partial charge in [0.2, 0.25) is 12.2 Å². The number of carbonyl (C=O) groups excluding carboxylic acids is 6. The van der Waals surface area contributed by atoms with E-state index in [1.165, 1.54) is 49.1 Å². The van der Waals surface area contributed by atoms with Crippen molar-refractivity contribution in [3.63, 3.8) is 0 Å². The summed E-state index contributed by atoms with van der Waals surface area (Å²) in [6, 6.07) is -1.99. The fourth-order valence-corrected chi connectivity index (χ4v) is 5.65. The van der Waals surface area contributed by atoms with Gasteiger partial charge >= 0.3 is 18.2 Å². The zero-order chi connectivity index (χ0) is 33.5. The normalized spacial score (nSPS) is 19.0. The second kappa shape index (κ2) is 15.1. The standard InChI is InChI=1S/C26H34N6O11S2/c1-8-40-25(38)42-13(3)41-22(36)15-9-10-44-21-17(20(35)32(15)21)29-19(34)16(31-39-7)14-11-45-23(28-14)30-18(33)12(2)27-24(37)43-26(4,5)6/h9,11-13,17,21H,8,10H2,1-7H3,(H,27,37)(H,29,34)(H,28,30,33)/b31-16-/t12-,13?,17+,21+/m0/s1. The minimum atomic E-state index is -1.28. The molecule has 4 amide bonds. The number of hydrogen-bond donors (Lipinski definition) is 3. The Morgan fingerprint density at radius 3 is 2.53 bits per heavy atom. The number of thioether (sulfide) groups is 1. The number of carbonyl (C=O) groups is 6. The van der Waals surface area contributed by atoms with Crippen LogP contribution in [-0.2, 0) is 43.0 Å². The molecule has 1 saturated heterocycles. The molecule has 3 rings (SSSR count). The lowest BCUT2D eigenvalue weighted by Gasteiger charge is -2.48. The number of β-lactam (4-membered cyclic amide) rings is 1. The summed E-state index contributed by atoms with van der Waals surface area (Å²) in [5, 5.41) is 12.2. The van der Waals surface area contributed by atoms with Crippen molar-refractivity contribution in [2.75, 3.05) is 24.8 Å². The van der Waals surface area contributed by atoms with Crippen LogP contribution in [-0.4, -0.2) is 100 Å². The van der Waals surface area contributed by atoms with Gasteiger partial charge in [-0.3, -0.25) is 19.3 Å². The minimum absolute atomic E-state index is 0.0436. The van der Waals surface area contributed by atoms with Crippen molar-refractivity contribution in [1.82, 2.24) is 20.5 Å². The molecule has 4 atom stereocenters. The van der Waals surface area contributed by atoms with Crippen LogP contribution in [0, 0.1) is 0 Å². The summed E-state index contributed by atoms with van der Waals surface area (Å²) in [6.07, 6.45) is -1.57. The maximum absolute atomic E-state index is 13.2. The van der Waals surface area contributed by atoms with Gasteiger partial charge in [-0.25, -0.2) is 19.4 Å². The number of anilines is 1. The first-order chi connectivity index (χ1) is 21.1. The minimum Gasteiger partial charge on any atom is -0.444 e. The summed E-state index contributed by atoms with van der Waals surface area (Å²) in [6.45, 7) is 9.50. The van der Waals surface area contributed by atoms with Crippen LogP contribution in [0.1, 0.15) is 47.2 Å². The number of aromatic nitrogens is 1. The smallest absolute Gasteiger partial charge is 0.444 e. The summed E-state index contributed by atoms with van der Waals surface area (Å²) in [7, 11) is 1.22. The van der Waals surface area contributed by atoms with Crippen molar-refractivity contribution >= 4 is 69.9 Å². The Kier molecular flexibility index (Phi) is 11.7. The van der Waals surface area contributed by atoms with Crippen LogP contribution in [0.25, 0.3) is 0 Å². The third-order valence-corrected chi connectivity index (χ3v) is 7.58. The lowest BCUT2D eigenvalue weighted by molar-refractivity contribution is -0.168. The van der Waals surface area contributed by atoms with E-state index in [2.05, 4.69) is 30.8 Å². The number of fused-ring (bicyclic) bond motifs is 1. The Hall–Kier alpha value is -4.39. The van der Waals surface area contributed by atoms with E-state index in [1.54, 1.807) is 27.7 Å². The van der Waals surface area contributed by atoms with E-state index in [0.717, 1.165) is 11.3 Å². The van der Waals surface area contributed by atoms with Crippen molar-refractivity contribution in [3.8, 4) is 0 Å². The molecule has 0 saturated carbocycles. The summed E-state index contributed by atoms with van der Waals surface area (Å²) in [5.74, 6) is -2.54. The average Bonchev–Trinajstić information content (AvgIpc) is 3.40. The number of nitrogens with one attached hydrogen (secondary N) is 3. The Balaban J connectivity index is 1.60. The molecule has 2 aliphatic heterocycles. The zero-order valence-corrected chi connectivity index (χ0v) is 27.2. The Morgan fingerprint density at radius 1 is 1.18 bits per heavy atom. The second-order valence-electron chi connectivity index (χ2n) is 10.3. The van der Waals surface area contributed by atoms with Crippen molar-refractivity contribution in [3.05, 3.63) is 22.8 Å². The molecule has 1 aromatic rings. The molecule has 3 heterocycles. The van der Waals surface area contributed by atoms with Crippen LogP contribution in [0.5, 0.6) is 0 Å². The van der Waals surface area contributed by atoms with Crippen molar-refractivity contribution in [2.24, 2.45) is 5.16 Å². The molecule has 17 nitrogen and oxygen atoms in total. The molecule has 0 aromatic carbocycles. The third kappa shape index (κ3) is 9.30. The summed E-state index contributed by atoms with van der Waals surface area (Å²) in [5.41, 5.74) is -1.04. The molecule has 3 N–H and O–H groups in total. The van der Waals surface area contributed by atoms with E-state index in [-0.39, 0.29) is 28.8 Å². The molecule has 0 radical (unpaired) electrons. The monoisotopic (exact) mass is 670 g/mol. The molecule has 1 unspecified atom stereocenters. The maximum Gasteiger partial charge on any atom is 0.511 e. The number of rotatable bonds is 11. The molecule has 0 bridgehead atoms. The Labute approximate surface area is 266 Å². The summed E-state index contributed by atoms with van der Waals surface area (Å²) < 4.78 is 19.7. The molecule has 1 aromatic heterocycles. The van der Waals surface area contributed by atoms with Gasteiger partial charge in [-0.15, -0.1) is 23.1 Å². The number of oxime groups is 1. The van der Waals surface area contributed by atoms with E-state index in [0.29, 0.717) is 5.75 Å². The average molecular weight is 671 g/mol. The first kappa shape index (κ1) is 35.1. The number of amides is 4. The highest BCUT2D eigenvalue weighted by Gasteiger charge is 2.53. The van der Waals surface area contributed by atoms with Gasteiger partial charge in [0.25, 0.3) is 11.8 Å². The lowest BCUT2D eigenvalue weighted by Crippen LogP contribution is -2.70. The van der Waals surface area contributed by atoms with Crippen LogP contribution in [0.4, 0.5) is 14.7 Å². The van der Waals surface area contributed by atoms with E-state index >= 15 is 0 Å². The largest absolute Gasteiger partial charge is 0.511 e. The predicted molar refractivity (Wildman–Crippen MR) is 160 cm³/mol. The molecule has 0 spiro atoms. The van der Waals surface area contributed by atoms with Gasteiger partial charge in [0.05, 0.1) is 6.61 Å². The third-order valence-electron chi connectivity index (χ3n) is 5.64. The van der Waals surface area contributed by atoms with E-state index in [9.17, 15) is 28.8 Å². The first-order valence-corrected chi connectivity index (χ1v) is 15.5. The molecule has 2 aliphatic rings. The quantitative estimate of drug-likeness (QED) is 0.0765. The van der Waals surface area contributed by atoms with Crippen molar-refractivity contribution in [1.29, 1.82) is 0 Å². The molecule has 0 aliphatic carbocycles. The van der Waals surface area contributed by atoms with Gasteiger partial charge in [0, 0.05) is 18.1 Å². The van der Waals surface area contributed by atoms with Crippen LogP contribution >= 0.6 is 23.1 Å². The Bertz CT molecular complexity index is 1390. The van der Waals surface area contributed by atoms with Gasteiger partial charge in [0.15, 0.2) is 10.8 Å². The van der Waals surface area contributed by atoms with Crippen molar-refractivity contribution < 1.29 is 52.6 Å². The topological polar surface area (TPSA) is 213 Å². The van der Waals surface area contributed by atoms with E-state index < -0.39 is 65.3 Å². The van der Waals surface area contributed by atoms with Crippen LogP contribution in [0.15, 0.2) is 22.3 Å². The highest BCUT2D eigenvalue weighted by Crippen LogP contribution is 2.38. The number of nitrogens with zero attached hydrogens (tertiary/aromatic N) is 3. The molecule has 1 fully saturated rings. The predicted octanol–water partition coefficient (Wildman–Crippen LogP) is 1.69. The van der Waals surface area contributed by atoms with Gasteiger partial charge in [0.1, 0.15) is 41.6 Å². The van der Waals surface area contributed by atoms with Crippen LogP contribution < -0.4 is 16.0 Å². The number of ether oxygens (including phenoxy) is 4.